The molecule has 1 heterocycles. The maximum absolute atomic E-state index is 5.16. The summed E-state index contributed by atoms with van der Waals surface area (Å²) in [6, 6.07) is 4.55. The molecule has 0 aromatic carbocycles. The van der Waals surface area contributed by atoms with Crippen LogP contribution in [0.1, 0.15) is 31.9 Å². The van der Waals surface area contributed by atoms with Gasteiger partial charge in [0.15, 0.2) is 0 Å². The van der Waals surface area contributed by atoms with Crippen molar-refractivity contribution in [2.24, 2.45) is 0 Å². The highest BCUT2D eigenvalue weighted by atomic mass is 16.5. The highest BCUT2D eigenvalue weighted by molar-refractivity contribution is 5.39. The van der Waals surface area contributed by atoms with Gasteiger partial charge in [0.2, 0.25) is 0 Å². The monoisotopic (exact) mass is 295 g/mol. The standard InChI is InChI=1S/C16H29N3O2/c1-5-8-17-14(2)15-6-7-16(18-13-15)19(9-11-20-3)10-12-21-4/h6-7,13-14,17H,5,8-12H2,1-4H3. The third-order valence-electron chi connectivity index (χ3n) is 3.43. The van der Waals surface area contributed by atoms with Gasteiger partial charge in [0.25, 0.3) is 0 Å². The Morgan fingerprint density at radius 3 is 2.33 bits per heavy atom. The fourth-order valence-electron chi connectivity index (χ4n) is 2.06. The predicted molar refractivity (Wildman–Crippen MR) is 86.9 cm³/mol. The molecule has 1 N–H and O–H groups in total. The molecule has 0 fully saturated rings. The SMILES string of the molecule is CCCNC(C)c1ccc(N(CCOC)CCOC)nc1. The van der Waals surface area contributed by atoms with Gasteiger partial charge in [0.05, 0.1) is 13.2 Å². The van der Waals surface area contributed by atoms with Crippen LogP contribution in [0.25, 0.3) is 0 Å². The van der Waals surface area contributed by atoms with Crippen molar-refractivity contribution in [1.29, 1.82) is 0 Å². The molecular formula is C16H29N3O2. The van der Waals surface area contributed by atoms with Crippen molar-refractivity contribution in [3.63, 3.8) is 0 Å². The summed E-state index contributed by atoms with van der Waals surface area (Å²) in [6.45, 7) is 8.36. The van der Waals surface area contributed by atoms with E-state index in [1.807, 2.05) is 6.20 Å². The number of hydrogen-bond acceptors (Lipinski definition) is 5. The Kier molecular flexibility index (Phi) is 8.98. The summed E-state index contributed by atoms with van der Waals surface area (Å²) in [5.74, 6) is 0.968. The van der Waals surface area contributed by atoms with E-state index in [0.29, 0.717) is 19.3 Å². The second-order valence-electron chi connectivity index (χ2n) is 5.10. The summed E-state index contributed by atoms with van der Waals surface area (Å²) < 4.78 is 10.3. The lowest BCUT2D eigenvalue weighted by Crippen LogP contribution is -2.31. The first-order chi connectivity index (χ1) is 10.2. The zero-order valence-electron chi connectivity index (χ0n) is 13.8. The van der Waals surface area contributed by atoms with E-state index in [-0.39, 0.29) is 0 Å². The Labute approximate surface area is 128 Å². The molecule has 0 saturated heterocycles. The van der Waals surface area contributed by atoms with E-state index in [2.05, 4.69) is 41.2 Å². The number of aromatic nitrogens is 1. The second-order valence-corrected chi connectivity index (χ2v) is 5.10. The largest absolute Gasteiger partial charge is 0.383 e. The Balaban J connectivity index is 2.67. The van der Waals surface area contributed by atoms with Gasteiger partial charge in [-0.15, -0.1) is 0 Å². The van der Waals surface area contributed by atoms with Crippen molar-refractivity contribution in [1.82, 2.24) is 10.3 Å². The van der Waals surface area contributed by atoms with Gasteiger partial charge >= 0.3 is 0 Å². The van der Waals surface area contributed by atoms with Crippen molar-refractivity contribution in [2.75, 3.05) is 52.0 Å². The molecule has 1 aromatic heterocycles. The lowest BCUT2D eigenvalue weighted by Gasteiger charge is -2.23. The Morgan fingerprint density at radius 1 is 1.19 bits per heavy atom. The quantitative estimate of drug-likeness (QED) is 0.678. The maximum atomic E-state index is 5.16. The zero-order chi connectivity index (χ0) is 15.5. The first-order valence-electron chi connectivity index (χ1n) is 7.65. The molecule has 5 nitrogen and oxygen atoms in total. The molecule has 0 bridgehead atoms. The number of ether oxygens (including phenoxy) is 2. The lowest BCUT2D eigenvalue weighted by molar-refractivity contribution is 0.190. The van der Waals surface area contributed by atoms with Gasteiger partial charge in [0.1, 0.15) is 5.82 Å². The molecule has 1 unspecified atom stereocenters. The Bertz CT molecular complexity index is 362. The fourth-order valence-corrected chi connectivity index (χ4v) is 2.06. The fraction of sp³-hybridized carbons (Fsp3) is 0.688. The molecule has 120 valence electrons. The molecule has 1 rings (SSSR count). The average Bonchev–Trinajstić information content (AvgIpc) is 2.53. The number of hydrogen-bond donors (Lipinski definition) is 1. The van der Waals surface area contributed by atoms with Crippen molar-refractivity contribution in [2.45, 2.75) is 26.3 Å². The molecule has 0 saturated carbocycles. The number of methoxy groups -OCH3 is 2. The van der Waals surface area contributed by atoms with Gasteiger partial charge in [-0.1, -0.05) is 13.0 Å². The molecule has 0 aliphatic heterocycles. The molecule has 5 heteroatoms. The topological polar surface area (TPSA) is 46.6 Å². The van der Waals surface area contributed by atoms with Crippen LogP contribution in [0, 0.1) is 0 Å². The summed E-state index contributed by atoms with van der Waals surface area (Å²) in [7, 11) is 3.43. The van der Waals surface area contributed by atoms with Crippen LogP contribution in [-0.4, -0.2) is 52.1 Å². The minimum absolute atomic E-state index is 0.331. The van der Waals surface area contributed by atoms with Crippen LogP contribution in [0.5, 0.6) is 0 Å². The van der Waals surface area contributed by atoms with Crippen LogP contribution >= 0.6 is 0 Å². The van der Waals surface area contributed by atoms with Gasteiger partial charge in [-0.2, -0.15) is 0 Å². The van der Waals surface area contributed by atoms with E-state index < -0.39 is 0 Å². The molecule has 0 amide bonds. The Hall–Kier alpha value is -1.17. The van der Waals surface area contributed by atoms with Crippen LogP contribution < -0.4 is 10.2 Å². The number of rotatable bonds is 11. The lowest BCUT2D eigenvalue weighted by atomic mass is 10.1. The van der Waals surface area contributed by atoms with Crippen LogP contribution in [0.4, 0.5) is 5.82 Å². The third-order valence-corrected chi connectivity index (χ3v) is 3.43. The van der Waals surface area contributed by atoms with E-state index in [4.69, 9.17) is 9.47 Å². The minimum atomic E-state index is 0.331. The molecule has 0 aliphatic carbocycles. The number of nitrogens with one attached hydrogen (secondary N) is 1. The summed E-state index contributed by atoms with van der Waals surface area (Å²) in [5.41, 5.74) is 1.21. The second kappa shape index (κ2) is 10.5. The third kappa shape index (κ3) is 6.42. The zero-order valence-corrected chi connectivity index (χ0v) is 13.8. The smallest absolute Gasteiger partial charge is 0.128 e. The molecule has 0 spiro atoms. The molecule has 21 heavy (non-hydrogen) atoms. The van der Waals surface area contributed by atoms with Crippen LogP contribution in [0.3, 0.4) is 0 Å². The molecule has 0 aliphatic rings. The minimum Gasteiger partial charge on any atom is -0.383 e. The summed E-state index contributed by atoms with van der Waals surface area (Å²) >= 11 is 0. The normalized spacial score (nSPS) is 12.4. The first-order valence-corrected chi connectivity index (χ1v) is 7.65. The number of pyridine rings is 1. The van der Waals surface area contributed by atoms with Gasteiger partial charge in [-0.05, 0) is 31.5 Å². The molecular weight excluding hydrogens is 266 g/mol. The van der Waals surface area contributed by atoms with E-state index in [1.54, 1.807) is 14.2 Å². The average molecular weight is 295 g/mol. The van der Waals surface area contributed by atoms with Gasteiger partial charge in [-0.3, -0.25) is 0 Å². The first kappa shape index (κ1) is 17.9. The van der Waals surface area contributed by atoms with Crippen LogP contribution in [0.15, 0.2) is 18.3 Å². The maximum Gasteiger partial charge on any atom is 0.128 e. The van der Waals surface area contributed by atoms with Gasteiger partial charge in [0, 0.05) is 39.5 Å². The van der Waals surface area contributed by atoms with Crippen LogP contribution in [-0.2, 0) is 9.47 Å². The summed E-state index contributed by atoms with van der Waals surface area (Å²) in [5, 5.41) is 3.47. The van der Waals surface area contributed by atoms with Gasteiger partial charge < -0.3 is 19.7 Å². The summed E-state index contributed by atoms with van der Waals surface area (Å²) in [4.78, 5) is 6.77. The molecule has 1 atom stereocenters. The predicted octanol–water partition coefficient (Wildman–Crippen LogP) is 2.24. The van der Waals surface area contributed by atoms with Crippen molar-refractivity contribution in [3.05, 3.63) is 23.9 Å². The molecule has 0 radical (unpaired) electrons. The van der Waals surface area contributed by atoms with E-state index >= 15 is 0 Å². The van der Waals surface area contributed by atoms with E-state index in [9.17, 15) is 0 Å². The van der Waals surface area contributed by atoms with E-state index in [1.165, 1.54) is 5.56 Å². The van der Waals surface area contributed by atoms with E-state index in [0.717, 1.165) is 31.9 Å². The highest BCUT2D eigenvalue weighted by Gasteiger charge is 2.09. The van der Waals surface area contributed by atoms with Crippen molar-refractivity contribution >= 4 is 5.82 Å². The van der Waals surface area contributed by atoms with Gasteiger partial charge in [-0.25, -0.2) is 4.98 Å². The number of anilines is 1. The molecule has 1 aromatic rings. The van der Waals surface area contributed by atoms with Crippen molar-refractivity contribution < 1.29 is 9.47 Å². The highest BCUT2D eigenvalue weighted by Crippen LogP contribution is 2.16. The van der Waals surface area contributed by atoms with Crippen LogP contribution in [0.2, 0.25) is 0 Å². The Morgan fingerprint density at radius 2 is 1.86 bits per heavy atom. The summed E-state index contributed by atoms with van der Waals surface area (Å²) in [6.07, 6.45) is 3.09. The number of nitrogens with zero attached hydrogens (tertiary/aromatic N) is 2. The van der Waals surface area contributed by atoms with Crippen molar-refractivity contribution in [3.8, 4) is 0 Å².